The maximum atomic E-state index is 13.4. The van der Waals surface area contributed by atoms with Crippen molar-refractivity contribution in [2.75, 3.05) is 11.9 Å². The molecule has 0 saturated heterocycles. The van der Waals surface area contributed by atoms with Gasteiger partial charge in [0.25, 0.3) is 0 Å². The number of aryl methyl sites for hydroxylation is 1. The molecule has 0 unspecified atom stereocenters. The minimum atomic E-state index is -4.69. The van der Waals surface area contributed by atoms with Crippen molar-refractivity contribution >= 4 is 5.69 Å². The molecule has 1 aliphatic heterocycles. The third-order valence-electron chi connectivity index (χ3n) is 3.66. The summed E-state index contributed by atoms with van der Waals surface area (Å²) < 4.78 is 51.9. The van der Waals surface area contributed by atoms with Crippen molar-refractivity contribution in [3.8, 4) is 11.1 Å². The maximum absolute atomic E-state index is 13.4. The molecule has 0 aliphatic carbocycles. The third kappa shape index (κ3) is 2.60. The van der Waals surface area contributed by atoms with Gasteiger partial charge < -0.3 is 5.32 Å². The molecule has 21 heavy (non-hydrogen) atoms. The minimum absolute atomic E-state index is 0.370. The van der Waals surface area contributed by atoms with Gasteiger partial charge in [0.2, 0.25) is 0 Å². The van der Waals surface area contributed by atoms with Crippen molar-refractivity contribution in [1.82, 2.24) is 0 Å². The predicted octanol–water partition coefficient (Wildman–Crippen LogP) is 4.87. The van der Waals surface area contributed by atoms with Crippen LogP contribution in [0.25, 0.3) is 11.1 Å². The molecule has 0 bridgehead atoms. The largest absolute Gasteiger partial charge is 0.419 e. The van der Waals surface area contributed by atoms with Crippen LogP contribution in [0.3, 0.4) is 0 Å². The molecule has 2 aromatic rings. The van der Waals surface area contributed by atoms with E-state index in [0.717, 1.165) is 42.8 Å². The molecular formula is C16H13F4N. The van der Waals surface area contributed by atoms with E-state index in [1.165, 1.54) is 6.07 Å². The Balaban J connectivity index is 2.14. The van der Waals surface area contributed by atoms with Gasteiger partial charge in [0.05, 0.1) is 5.56 Å². The van der Waals surface area contributed by atoms with Crippen LogP contribution in [0.15, 0.2) is 36.4 Å². The summed E-state index contributed by atoms with van der Waals surface area (Å²) in [7, 11) is 0. The lowest BCUT2D eigenvalue weighted by molar-refractivity contribution is -0.139. The molecule has 0 amide bonds. The van der Waals surface area contributed by atoms with Crippen molar-refractivity contribution in [3.63, 3.8) is 0 Å². The van der Waals surface area contributed by atoms with Crippen molar-refractivity contribution in [2.24, 2.45) is 0 Å². The first kappa shape index (κ1) is 13.9. The maximum Gasteiger partial charge on any atom is 0.419 e. The number of hydrogen-bond donors (Lipinski definition) is 1. The Kier molecular flexibility index (Phi) is 3.35. The van der Waals surface area contributed by atoms with Gasteiger partial charge in [0.15, 0.2) is 0 Å². The van der Waals surface area contributed by atoms with Gasteiger partial charge in [-0.15, -0.1) is 0 Å². The first-order chi connectivity index (χ1) is 9.97. The molecule has 0 fully saturated rings. The van der Waals surface area contributed by atoms with E-state index in [1.54, 1.807) is 6.07 Å². The highest BCUT2D eigenvalue weighted by Gasteiger charge is 2.34. The van der Waals surface area contributed by atoms with E-state index in [-0.39, 0.29) is 0 Å². The number of halogens is 4. The summed E-state index contributed by atoms with van der Waals surface area (Å²) in [5, 5.41) is 3.23. The predicted molar refractivity (Wildman–Crippen MR) is 73.6 cm³/mol. The summed E-state index contributed by atoms with van der Waals surface area (Å²) in [4.78, 5) is 0. The zero-order chi connectivity index (χ0) is 15.0. The molecule has 3 rings (SSSR count). The van der Waals surface area contributed by atoms with Gasteiger partial charge in [0.1, 0.15) is 5.82 Å². The zero-order valence-corrected chi connectivity index (χ0v) is 11.1. The summed E-state index contributed by atoms with van der Waals surface area (Å²) >= 11 is 0. The van der Waals surface area contributed by atoms with Gasteiger partial charge in [0, 0.05) is 17.8 Å². The van der Waals surface area contributed by atoms with Gasteiger partial charge in [-0.3, -0.25) is 0 Å². The van der Waals surface area contributed by atoms with Crippen LogP contribution in [0.2, 0.25) is 0 Å². The smallest absolute Gasteiger partial charge is 0.384 e. The molecule has 2 aromatic carbocycles. The molecule has 0 saturated carbocycles. The number of benzene rings is 2. The Morgan fingerprint density at radius 1 is 1.05 bits per heavy atom. The SMILES string of the molecule is Fc1ccc(-c2cccc3c2NCCC3)cc1C(F)(F)F. The molecule has 110 valence electrons. The van der Waals surface area contributed by atoms with E-state index >= 15 is 0 Å². The number of para-hydroxylation sites is 1. The van der Waals surface area contributed by atoms with Gasteiger partial charge in [-0.25, -0.2) is 4.39 Å². The van der Waals surface area contributed by atoms with Crippen LogP contribution in [0.5, 0.6) is 0 Å². The number of nitrogens with one attached hydrogen (secondary N) is 1. The lowest BCUT2D eigenvalue weighted by Gasteiger charge is -2.21. The normalized spacial score (nSPS) is 14.5. The monoisotopic (exact) mass is 295 g/mol. The second kappa shape index (κ2) is 5.06. The second-order valence-electron chi connectivity index (χ2n) is 5.06. The number of alkyl halides is 3. The second-order valence-corrected chi connectivity index (χ2v) is 5.06. The lowest BCUT2D eigenvalue weighted by atomic mass is 9.94. The van der Waals surface area contributed by atoms with Crippen LogP contribution >= 0.6 is 0 Å². The topological polar surface area (TPSA) is 12.0 Å². The zero-order valence-electron chi connectivity index (χ0n) is 11.1. The summed E-state index contributed by atoms with van der Waals surface area (Å²) in [5.74, 6) is -1.25. The number of hydrogen-bond acceptors (Lipinski definition) is 1. The first-order valence-corrected chi connectivity index (χ1v) is 6.70. The standard InChI is InChI=1S/C16H13F4N/c17-14-7-6-11(9-13(14)16(18,19)20)12-5-1-3-10-4-2-8-21-15(10)12/h1,3,5-7,9,21H,2,4,8H2. The Labute approximate surface area is 119 Å². The van der Waals surface area contributed by atoms with Crippen molar-refractivity contribution in [2.45, 2.75) is 19.0 Å². The van der Waals surface area contributed by atoms with Gasteiger partial charge in [-0.05, 0) is 36.1 Å². The van der Waals surface area contributed by atoms with Crippen molar-refractivity contribution in [1.29, 1.82) is 0 Å². The van der Waals surface area contributed by atoms with Crippen LogP contribution in [-0.4, -0.2) is 6.54 Å². The fraction of sp³-hybridized carbons (Fsp3) is 0.250. The Morgan fingerprint density at radius 2 is 1.86 bits per heavy atom. The average molecular weight is 295 g/mol. The van der Waals surface area contributed by atoms with Crippen LogP contribution in [-0.2, 0) is 12.6 Å². The summed E-state index contributed by atoms with van der Waals surface area (Å²) in [6.07, 6.45) is -2.81. The van der Waals surface area contributed by atoms with E-state index < -0.39 is 17.6 Å². The molecule has 1 nitrogen and oxygen atoms in total. The Morgan fingerprint density at radius 3 is 2.62 bits per heavy atom. The van der Waals surface area contributed by atoms with Crippen LogP contribution < -0.4 is 5.32 Å². The fourth-order valence-electron chi connectivity index (χ4n) is 2.66. The van der Waals surface area contributed by atoms with E-state index in [1.807, 2.05) is 12.1 Å². The van der Waals surface area contributed by atoms with Gasteiger partial charge in [-0.1, -0.05) is 24.3 Å². The van der Waals surface area contributed by atoms with Crippen molar-refractivity contribution in [3.05, 3.63) is 53.3 Å². The highest BCUT2D eigenvalue weighted by molar-refractivity contribution is 5.81. The molecule has 1 aliphatic rings. The molecule has 1 heterocycles. The quantitative estimate of drug-likeness (QED) is 0.740. The van der Waals surface area contributed by atoms with Gasteiger partial charge in [-0.2, -0.15) is 13.2 Å². The number of fused-ring (bicyclic) bond motifs is 1. The highest BCUT2D eigenvalue weighted by Crippen LogP contribution is 2.38. The highest BCUT2D eigenvalue weighted by atomic mass is 19.4. The van der Waals surface area contributed by atoms with Crippen molar-refractivity contribution < 1.29 is 17.6 Å². The summed E-state index contributed by atoms with van der Waals surface area (Å²) in [6, 6.07) is 8.67. The molecule has 1 N–H and O–H groups in total. The number of rotatable bonds is 1. The molecule has 0 aromatic heterocycles. The fourth-order valence-corrected chi connectivity index (χ4v) is 2.66. The molecule has 5 heteroatoms. The molecule has 0 spiro atoms. The first-order valence-electron chi connectivity index (χ1n) is 6.70. The van der Waals surface area contributed by atoms with Crippen LogP contribution in [0, 0.1) is 5.82 Å². The van der Waals surface area contributed by atoms with E-state index in [2.05, 4.69) is 5.32 Å². The van der Waals surface area contributed by atoms with E-state index in [0.29, 0.717) is 11.1 Å². The van der Waals surface area contributed by atoms with Crippen LogP contribution in [0.1, 0.15) is 17.5 Å². The molecular weight excluding hydrogens is 282 g/mol. The van der Waals surface area contributed by atoms with E-state index in [9.17, 15) is 17.6 Å². The number of anilines is 1. The molecule has 0 radical (unpaired) electrons. The average Bonchev–Trinajstić information content (AvgIpc) is 2.46. The third-order valence-corrected chi connectivity index (χ3v) is 3.66. The van der Waals surface area contributed by atoms with Gasteiger partial charge >= 0.3 is 6.18 Å². The lowest BCUT2D eigenvalue weighted by Crippen LogP contribution is -2.13. The summed E-state index contributed by atoms with van der Waals surface area (Å²) in [6.45, 7) is 0.789. The van der Waals surface area contributed by atoms with Crippen LogP contribution in [0.4, 0.5) is 23.2 Å². The van der Waals surface area contributed by atoms with E-state index in [4.69, 9.17) is 0 Å². The minimum Gasteiger partial charge on any atom is -0.384 e. The Bertz CT molecular complexity index is 676. The summed E-state index contributed by atoms with van der Waals surface area (Å²) in [5.41, 5.74) is 1.75. The molecule has 0 atom stereocenters. The Hall–Kier alpha value is -2.04.